The van der Waals surface area contributed by atoms with Crippen LogP contribution in [-0.2, 0) is 0 Å². The van der Waals surface area contributed by atoms with E-state index in [4.69, 9.17) is 23.6 Å². The molecule has 184 valence electrons. The van der Waals surface area contributed by atoms with Gasteiger partial charge in [0.25, 0.3) is 0 Å². The lowest BCUT2D eigenvalue weighted by Gasteiger charge is -2.23. The van der Waals surface area contributed by atoms with Crippen molar-refractivity contribution in [2.24, 2.45) is 0 Å². The average Bonchev–Trinajstić information content (AvgIpc) is 3.58. The van der Waals surface area contributed by atoms with Crippen LogP contribution >= 0.6 is 0 Å². The van der Waals surface area contributed by atoms with Crippen molar-refractivity contribution in [2.75, 3.05) is 0 Å². The van der Waals surface area contributed by atoms with Gasteiger partial charge in [-0.1, -0.05) is 127 Å². The molecule has 0 saturated carbocycles. The molecule has 2 unspecified atom stereocenters. The summed E-state index contributed by atoms with van der Waals surface area (Å²) in [5.74, 6) is -1.45. The summed E-state index contributed by atoms with van der Waals surface area (Å²) in [5.41, 5.74) is -0.732. The van der Waals surface area contributed by atoms with Crippen LogP contribution in [0.1, 0.15) is 42.6 Å². The molecule has 1 heteroatoms. The molecule has 0 radical (unpaired) electrons. The molecule has 7 aromatic rings. The molecule has 6 aromatic carbocycles. The van der Waals surface area contributed by atoms with Crippen LogP contribution in [0.4, 0.5) is 0 Å². The molecular weight excluding hydrogens is 472 g/mol. The lowest BCUT2D eigenvalue weighted by molar-refractivity contribution is 0.668. The molecule has 1 aromatic heterocycles. The molecule has 1 nitrogen and oxygen atoms in total. The van der Waals surface area contributed by atoms with Crippen molar-refractivity contribution in [1.29, 1.82) is 0 Å². The second-order valence-corrected chi connectivity index (χ2v) is 8.93. The summed E-state index contributed by atoms with van der Waals surface area (Å²) >= 11 is 0. The third-order valence-electron chi connectivity index (χ3n) is 6.90. The van der Waals surface area contributed by atoms with E-state index in [1.807, 2.05) is 0 Å². The predicted molar refractivity (Wildman–Crippen MR) is 165 cm³/mol. The first-order valence-corrected chi connectivity index (χ1v) is 12.1. The Morgan fingerprint density at radius 3 is 2.03 bits per heavy atom. The molecular formula is C38H26O. The highest BCUT2D eigenvalue weighted by atomic mass is 16.3. The third-order valence-corrected chi connectivity index (χ3v) is 6.90. The minimum Gasteiger partial charge on any atom is -0.456 e. The first-order valence-electron chi connectivity index (χ1n) is 21.2. The van der Waals surface area contributed by atoms with E-state index in [-0.39, 0.29) is 38.4 Å². The number of furan rings is 1. The summed E-state index contributed by atoms with van der Waals surface area (Å²) in [6.45, 7) is 0. The molecule has 2 atom stereocenters. The minimum atomic E-state index is -1.64. The quantitative estimate of drug-likeness (QED) is 0.213. The van der Waals surface area contributed by atoms with Crippen LogP contribution in [0.2, 0.25) is 0 Å². The summed E-state index contributed by atoms with van der Waals surface area (Å²) in [4.78, 5) is 0. The zero-order chi connectivity index (χ0) is 41.4. The summed E-state index contributed by atoms with van der Waals surface area (Å²) in [5, 5.41) is -0.969. The summed E-state index contributed by atoms with van der Waals surface area (Å²) < 4.78 is 166. The number of rotatable bonds is 3. The van der Waals surface area contributed by atoms with Crippen LogP contribution in [0.25, 0.3) is 65.7 Å². The monoisotopic (exact) mass is 516 g/mol. The molecule has 0 bridgehead atoms. The fourth-order valence-electron chi connectivity index (χ4n) is 5.35. The molecule has 1 aliphatic rings. The molecule has 1 heterocycles. The van der Waals surface area contributed by atoms with E-state index in [1.54, 1.807) is 24.3 Å². The summed E-state index contributed by atoms with van der Waals surface area (Å²) in [7, 11) is 0. The SMILES string of the molecule is [2H]C1=C([2H])C([2H])C(c2ccc3oc4ccccc4c3c2-c2c3c([2H])c([2H])c([2H])c([2H])c3c(-c3c([2H])c([2H])c([2H])c([2H])c3[2H])c3c([2H])c([2H])c([2H])c([2H])c23)C([2H])=C1[2H]. The molecule has 0 spiro atoms. The van der Waals surface area contributed by atoms with Gasteiger partial charge >= 0.3 is 0 Å². The van der Waals surface area contributed by atoms with Crippen molar-refractivity contribution in [3.8, 4) is 22.3 Å². The molecule has 1 aliphatic carbocycles. The van der Waals surface area contributed by atoms with Gasteiger partial charge in [0, 0.05) is 18.1 Å². The van der Waals surface area contributed by atoms with Crippen molar-refractivity contribution in [3.63, 3.8) is 0 Å². The number of benzene rings is 6. The predicted octanol–water partition coefficient (Wildman–Crippen LogP) is 10.8. The van der Waals surface area contributed by atoms with E-state index in [1.165, 1.54) is 12.1 Å². The Morgan fingerprint density at radius 1 is 0.615 bits per heavy atom. The van der Waals surface area contributed by atoms with Crippen LogP contribution in [0.5, 0.6) is 0 Å². The number of fused-ring (bicyclic) bond motifs is 5. The van der Waals surface area contributed by atoms with Gasteiger partial charge in [0.1, 0.15) is 11.2 Å². The van der Waals surface area contributed by atoms with Gasteiger partial charge < -0.3 is 4.42 Å². The van der Waals surface area contributed by atoms with E-state index >= 15 is 0 Å². The van der Waals surface area contributed by atoms with E-state index in [0.717, 1.165) is 0 Å². The van der Waals surface area contributed by atoms with Gasteiger partial charge in [-0.15, -0.1) is 0 Å². The fraction of sp³-hybridized carbons (Fsp3) is 0.0526. The third kappa shape index (κ3) is 3.40. The maximum Gasteiger partial charge on any atom is 0.136 e. The summed E-state index contributed by atoms with van der Waals surface area (Å²) in [6.07, 6.45) is -1.64. The van der Waals surface area contributed by atoms with Crippen molar-refractivity contribution < 1.29 is 29.1 Å². The second-order valence-electron chi connectivity index (χ2n) is 8.93. The van der Waals surface area contributed by atoms with Gasteiger partial charge in [-0.05, 0) is 67.9 Å². The molecule has 0 amide bonds. The van der Waals surface area contributed by atoms with Crippen molar-refractivity contribution in [2.45, 2.75) is 12.3 Å². The van der Waals surface area contributed by atoms with Crippen LogP contribution in [0.3, 0.4) is 0 Å². The Labute approximate surface area is 252 Å². The highest BCUT2D eigenvalue weighted by molar-refractivity contribution is 6.26. The number of hydrogen-bond acceptors (Lipinski definition) is 1. The number of para-hydroxylation sites is 1. The molecule has 0 aliphatic heterocycles. The minimum absolute atomic E-state index is 0.0175. The van der Waals surface area contributed by atoms with Gasteiger partial charge in [0.05, 0.1) is 23.3 Å². The molecule has 39 heavy (non-hydrogen) atoms. The number of allylic oxidation sites excluding steroid dienone is 4. The Balaban J connectivity index is 1.78. The van der Waals surface area contributed by atoms with Gasteiger partial charge in [0.15, 0.2) is 0 Å². The van der Waals surface area contributed by atoms with Crippen LogP contribution in [0, 0.1) is 0 Å². The molecule has 0 fully saturated rings. The average molecular weight is 517 g/mol. The van der Waals surface area contributed by atoms with Crippen molar-refractivity contribution >= 4 is 43.5 Å². The van der Waals surface area contributed by atoms with E-state index < -0.39 is 137 Å². The van der Waals surface area contributed by atoms with E-state index in [2.05, 4.69) is 0 Å². The van der Waals surface area contributed by atoms with Gasteiger partial charge in [0.2, 0.25) is 0 Å². The normalized spacial score (nSPS) is 24.5. The fourth-order valence-corrected chi connectivity index (χ4v) is 5.35. The second kappa shape index (κ2) is 8.85. The zero-order valence-electron chi connectivity index (χ0n) is 38.0. The Morgan fingerprint density at radius 2 is 1.28 bits per heavy atom. The maximum atomic E-state index is 9.44. The van der Waals surface area contributed by atoms with Gasteiger partial charge in [-0.2, -0.15) is 0 Å². The zero-order valence-corrected chi connectivity index (χ0v) is 20.0. The van der Waals surface area contributed by atoms with Crippen LogP contribution in [-0.4, -0.2) is 0 Å². The lowest BCUT2D eigenvalue weighted by Crippen LogP contribution is -2.01. The van der Waals surface area contributed by atoms with Crippen molar-refractivity contribution in [3.05, 3.63) is 145 Å². The summed E-state index contributed by atoms with van der Waals surface area (Å²) in [6, 6.07) is -2.71. The lowest BCUT2D eigenvalue weighted by atomic mass is 9.80. The Bertz CT molecular complexity index is 2960. The molecule has 0 saturated heterocycles. The largest absolute Gasteiger partial charge is 0.456 e. The molecule has 8 rings (SSSR count). The topological polar surface area (TPSA) is 13.1 Å². The maximum absolute atomic E-state index is 9.44. The first kappa shape index (κ1) is 10.7. The van der Waals surface area contributed by atoms with Gasteiger partial charge in [-0.3, -0.25) is 0 Å². The Kier molecular flexibility index (Phi) is 2.43. The standard InChI is InChI=1S/C38H26O/c1-3-13-25(14-4-1)27-23-24-34-37(32-21-11-12-22-33(32)39-34)38(27)36-30-19-9-7-17-28(30)35(26-15-5-2-6-16-26)29-18-8-10-20-31(29)36/h1-13,15-25H,14H2/i1D,2D,3D,4D,5D,6D,7D,8D,9D,10D,13D,14D,15D,16D,17D,18D,19D,20D. The smallest absolute Gasteiger partial charge is 0.136 e. The highest BCUT2D eigenvalue weighted by Crippen LogP contribution is 2.49. The van der Waals surface area contributed by atoms with Crippen LogP contribution < -0.4 is 0 Å². The van der Waals surface area contributed by atoms with Crippen molar-refractivity contribution in [1.82, 2.24) is 0 Å². The van der Waals surface area contributed by atoms with E-state index in [9.17, 15) is 5.48 Å². The number of hydrogen-bond donors (Lipinski definition) is 0. The van der Waals surface area contributed by atoms with Crippen LogP contribution in [0.15, 0.2) is 144 Å². The van der Waals surface area contributed by atoms with E-state index in [0.29, 0.717) is 11.0 Å². The highest BCUT2D eigenvalue weighted by Gasteiger charge is 2.25. The molecule has 0 N–H and O–H groups in total. The first-order chi connectivity index (χ1) is 26.8. The van der Waals surface area contributed by atoms with Gasteiger partial charge in [-0.25, -0.2) is 0 Å². The Hall–Kier alpha value is -4.88.